The largest absolute Gasteiger partial charge is 0.465 e. The summed E-state index contributed by atoms with van der Waals surface area (Å²) in [6.07, 6.45) is 0.748. The number of carbonyl (C=O) groups excluding carboxylic acids is 1. The second-order valence-electron chi connectivity index (χ2n) is 4.61. The third-order valence-corrected chi connectivity index (χ3v) is 3.01. The Morgan fingerprint density at radius 1 is 1.59 bits per heavy atom. The zero-order chi connectivity index (χ0) is 12.9. The molecule has 5 nitrogen and oxygen atoms in total. The first-order valence-electron chi connectivity index (χ1n) is 6.11. The van der Waals surface area contributed by atoms with Crippen LogP contribution in [0.5, 0.6) is 0 Å². The molecule has 1 saturated heterocycles. The summed E-state index contributed by atoms with van der Waals surface area (Å²) in [6, 6.07) is 0. The minimum atomic E-state index is -0.694. The van der Waals surface area contributed by atoms with E-state index in [0.29, 0.717) is 26.2 Å². The molecular weight excluding hydrogens is 222 g/mol. The van der Waals surface area contributed by atoms with Crippen molar-refractivity contribution in [1.82, 2.24) is 5.32 Å². The Bertz CT molecular complexity index is 255. The Balaban J connectivity index is 2.45. The minimum Gasteiger partial charge on any atom is -0.465 e. The van der Waals surface area contributed by atoms with E-state index in [-0.39, 0.29) is 18.2 Å². The quantitative estimate of drug-likeness (QED) is 0.670. The molecule has 1 heterocycles. The van der Waals surface area contributed by atoms with Crippen molar-refractivity contribution in [3.63, 3.8) is 0 Å². The standard InChI is InChI=1S/C12H23NO4/c1-5-16-11(14)12(3,13-4)6-9(2)17-10-7-15-8-10/h9-10,13H,5-8H2,1-4H3. The maximum atomic E-state index is 11.8. The molecule has 0 amide bonds. The number of ether oxygens (including phenoxy) is 3. The molecular formula is C12H23NO4. The number of rotatable bonds is 7. The number of carbonyl (C=O) groups is 1. The molecule has 1 N–H and O–H groups in total. The van der Waals surface area contributed by atoms with Crippen molar-refractivity contribution in [1.29, 1.82) is 0 Å². The fourth-order valence-electron chi connectivity index (χ4n) is 1.82. The van der Waals surface area contributed by atoms with Gasteiger partial charge in [0.25, 0.3) is 0 Å². The predicted molar refractivity (Wildman–Crippen MR) is 63.9 cm³/mol. The lowest BCUT2D eigenvalue weighted by molar-refractivity contribution is -0.164. The first-order valence-corrected chi connectivity index (χ1v) is 6.11. The number of esters is 1. The molecule has 0 spiro atoms. The average Bonchev–Trinajstić information content (AvgIpc) is 2.23. The van der Waals surface area contributed by atoms with Crippen molar-refractivity contribution in [3.8, 4) is 0 Å². The highest BCUT2D eigenvalue weighted by Crippen LogP contribution is 2.19. The molecule has 100 valence electrons. The summed E-state index contributed by atoms with van der Waals surface area (Å²) < 4.78 is 15.8. The van der Waals surface area contributed by atoms with Crippen LogP contribution in [0.15, 0.2) is 0 Å². The van der Waals surface area contributed by atoms with Crippen LogP contribution in [-0.4, -0.2) is 50.6 Å². The van der Waals surface area contributed by atoms with Crippen molar-refractivity contribution < 1.29 is 19.0 Å². The van der Waals surface area contributed by atoms with Crippen molar-refractivity contribution in [3.05, 3.63) is 0 Å². The van der Waals surface area contributed by atoms with E-state index in [0.717, 1.165) is 0 Å². The molecule has 0 aromatic carbocycles. The monoisotopic (exact) mass is 245 g/mol. The fraction of sp³-hybridized carbons (Fsp3) is 0.917. The highest BCUT2D eigenvalue weighted by Gasteiger charge is 2.36. The third kappa shape index (κ3) is 3.94. The molecule has 17 heavy (non-hydrogen) atoms. The van der Waals surface area contributed by atoms with Crippen molar-refractivity contribution >= 4 is 5.97 Å². The van der Waals surface area contributed by atoms with Gasteiger partial charge >= 0.3 is 5.97 Å². The summed E-state index contributed by atoms with van der Waals surface area (Å²) >= 11 is 0. The van der Waals surface area contributed by atoms with Crippen molar-refractivity contribution in [2.75, 3.05) is 26.9 Å². The molecule has 1 fully saturated rings. The van der Waals surface area contributed by atoms with E-state index in [1.165, 1.54) is 0 Å². The van der Waals surface area contributed by atoms with E-state index in [2.05, 4.69) is 5.32 Å². The molecule has 0 saturated carbocycles. The van der Waals surface area contributed by atoms with E-state index in [1.807, 2.05) is 13.8 Å². The van der Waals surface area contributed by atoms with Gasteiger partial charge in [-0.1, -0.05) is 0 Å². The van der Waals surface area contributed by atoms with E-state index in [4.69, 9.17) is 14.2 Å². The van der Waals surface area contributed by atoms with Gasteiger partial charge in [0, 0.05) is 6.42 Å². The van der Waals surface area contributed by atoms with Gasteiger partial charge < -0.3 is 19.5 Å². The lowest BCUT2D eigenvalue weighted by Crippen LogP contribution is -2.51. The molecule has 1 rings (SSSR count). The number of hydrogen-bond acceptors (Lipinski definition) is 5. The summed E-state index contributed by atoms with van der Waals surface area (Å²) in [5, 5.41) is 3.02. The summed E-state index contributed by atoms with van der Waals surface area (Å²) in [5.41, 5.74) is -0.694. The predicted octanol–water partition coefficient (Wildman–Crippen LogP) is 0.722. The van der Waals surface area contributed by atoms with Gasteiger partial charge in [-0.3, -0.25) is 4.79 Å². The maximum absolute atomic E-state index is 11.8. The first-order chi connectivity index (χ1) is 8.01. The zero-order valence-corrected chi connectivity index (χ0v) is 11.1. The number of nitrogens with one attached hydrogen (secondary N) is 1. The van der Waals surface area contributed by atoms with E-state index < -0.39 is 5.54 Å². The van der Waals surface area contributed by atoms with Gasteiger partial charge in [-0.05, 0) is 27.8 Å². The van der Waals surface area contributed by atoms with Crippen LogP contribution >= 0.6 is 0 Å². The fourth-order valence-corrected chi connectivity index (χ4v) is 1.82. The molecule has 0 aromatic heterocycles. The highest BCUT2D eigenvalue weighted by atomic mass is 16.6. The molecule has 2 unspecified atom stereocenters. The van der Waals surface area contributed by atoms with Crippen LogP contribution in [-0.2, 0) is 19.0 Å². The van der Waals surface area contributed by atoms with Crippen LogP contribution in [0, 0.1) is 0 Å². The van der Waals surface area contributed by atoms with Gasteiger partial charge in [0.15, 0.2) is 0 Å². The summed E-state index contributed by atoms with van der Waals surface area (Å²) in [5.74, 6) is -0.234. The van der Waals surface area contributed by atoms with Crippen molar-refractivity contribution in [2.45, 2.75) is 44.9 Å². The normalized spacial score (nSPS) is 21.4. The molecule has 0 aromatic rings. The molecule has 5 heteroatoms. The zero-order valence-electron chi connectivity index (χ0n) is 11.1. The molecule has 0 aliphatic carbocycles. The Morgan fingerprint density at radius 2 is 2.24 bits per heavy atom. The van der Waals surface area contributed by atoms with E-state index >= 15 is 0 Å². The van der Waals surface area contributed by atoms with Gasteiger partial charge in [0.05, 0.1) is 25.9 Å². The number of hydrogen-bond donors (Lipinski definition) is 1. The average molecular weight is 245 g/mol. The Morgan fingerprint density at radius 3 is 2.65 bits per heavy atom. The molecule has 2 atom stereocenters. The number of likely N-dealkylation sites (N-methyl/N-ethyl adjacent to an activating group) is 1. The van der Waals surface area contributed by atoms with Crippen LogP contribution in [0.1, 0.15) is 27.2 Å². The van der Waals surface area contributed by atoms with Gasteiger partial charge in [-0.15, -0.1) is 0 Å². The second kappa shape index (κ2) is 6.33. The molecule has 1 aliphatic heterocycles. The van der Waals surface area contributed by atoms with Crippen molar-refractivity contribution in [2.24, 2.45) is 0 Å². The lowest BCUT2D eigenvalue weighted by Gasteiger charge is -2.33. The smallest absolute Gasteiger partial charge is 0.326 e. The summed E-state index contributed by atoms with van der Waals surface area (Å²) in [4.78, 5) is 11.8. The second-order valence-corrected chi connectivity index (χ2v) is 4.61. The third-order valence-electron chi connectivity index (χ3n) is 3.01. The Hall–Kier alpha value is -0.650. The topological polar surface area (TPSA) is 56.8 Å². The molecule has 0 bridgehead atoms. The molecule has 0 radical (unpaired) electrons. The van der Waals surface area contributed by atoms with Crippen LogP contribution in [0.4, 0.5) is 0 Å². The van der Waals surface area contributed by atoms with Crippen LogP contribution in [0.25, 0.3) is 0 Å². The van der Waals surface area contributed by atoms with E-state index in [1.54, 1.807) is 14.0 Å². The SMILES string of the molecule is CCOC(=O)C(C)(CC(C)OC1COC1)NC. The van der Waals surface area contributed by atoms with Crippen LogP contribution in [0.3, 0.4) is 0 Å². The summed E-state index contributed by atoms with van der Waals surface area (Å²) in [6.45, 7) is 7.30. The van der Waals surface area contributed by atoms with E-state index in [9.17, 15) is 4.79 Å². The Labute approximate surface area is 103 Å². The molecule has 1 aliphatic rings. The van der Waals surface area contributed by atoms with Gasteiger partial charge in [-0.25, -0.2) is 0 Å². The highest BCUT2D eigenvalue weighted by molar-refractivity contribution is 5.80. The van der Waals surface area contributed by atoms with Crippen LogP contribution < -0.4 is 5.32 Å². The lowest BCUT2D eigenvalue weighted by atomic mass is 9.95. The summed E-state index contributed by atoms with van der Waals surface area (Å²) in [7, 11) is 1.76. The first kappa shape index (κ1) is 14.4. The van der Waals surface area contributed by atoms with Gasteiger partial charge in [0.1, 0.15) is 11.6 Å². The Kier molecular flexibility index (Phi) is 5.36. The van der Waals surface area contributed by atoms with Gasteiger partial charge in [0.2, 0.25) is 0 Å². The van der Waals surface area contributed by atoms with Crippen LogP contribution in [0.2, 0.25) is 0 Å². The minimum absolute atomic E-state index is 0.00856. The maximum Gasteiger partial charge on any atom is 0.326 e. The van der Waals surface area contributed by atoms with Gasteiger partial charge in [-0.2, -0.15) is 0 Å².